The lowest BCUT2D eigenvalue weighted by molar-refractivity contribution is -0.154. The average Bonchev–Trinajstić information content (AvgIpc) is 3.38. The third-order valence-electron chi connectivity index (χ3n) is 7.41. The number of ketones is 1. The fourth-order valence-electron chi connectivity index (χ4n) is 4.78. The molecule has 2 saturated heterocycles. The van der Waals surface area contributed by atoms with Crippen molar-refractivity contribution >= 4 is 29.2 Å². The largest absolute Gasteiger partial charge is 0.458 e. The van der Waals surface area contributed by atoms with E-state index in [2.05, 4.69) is 4.98 Å². The number of cyclic esters (lactones) is 1. The van der Waals surface area contributed by atoms with Gasteiger partial charge in [-0.3, -0.25) is 9.59 Å². The van der Waals surface area contributed by atoms with Gasteiger partial charge in [0, 0.05) is 17.7 Å². The van der Waals surface area contributed by atoms with Crippen LogP contribution < -0.4 is 0 Å². The molecule has 2 aliphatic heterocycles. The predicted octanol–water partition coefficient (Wildman–Crippen LogP) is 4.09. The highest BCUT2D eigenvalue weighted by Gasteiger charge is 2.44. The summed E-state index contributed by atoms with van der Waals surface area (Å²) in [5.41, 5.74) is 0.494. The topological polar surface area (TPSA) is 109 Å². The number of carbonyl (C=O) groups excluding carboxylic acids is 2. The molecular formula is C26H39NO6S. The van der Waals surface area contributed by atoms with Crippen LogP contribution in [0.2, 0.25) is 0 Å². The summed E-state index contributed by atoms with van der Waals surface area (Å²) in [6, 6.07) is 0. The number of thiazole rings is 1. The summed E-state index contributed by atoms with van der Waals surface area (Å²) in [7, 11) is 0. The van der Waals surface area contributed by atoms with E-state index in [9.17, 15) is 19.8 Å². The Hall–Kier alpha value is -1.61. The van der Waals surface area contributed by atoms with E-state index >= 15 is 0 Å². The van der Waals surface area contributed by atoms with Crippen LogP contribution in [0, 0.1) is 24.2 Å². The van der Waals surface area contributed by atoms with Crippen LogP contribution in [0.5, 0.6) is 0 Å². The molecule has 0 aromatic carbocycles. The molecule has 1 aromatic heterocycles. The van der Waals surface area contributed by atoms with Crippen molar-refractivity contribution < 1.29 is 29.3 Å². The van der Waals surface area contributed by atoms with Gasteiger partial charge in [0.1, 0.15) is 11.9 Å². The first-order chi connectivity index (χ1) is 15.9. The van der Waals surface area contributed by atoms with Gasteiger partial charge in [0.2, 0.25) is 0 Å². The number of aryl methyl sites for hydroxylation is 1. The maximum Gasteiger partial charge on any atom is 0.309 e. The maximum atomic E-state index is 13.2. The molecule has 2 aliphatic rings. The van der Waals surface area contributed by atoms with Gasteiger partial charge in [-0.1, -0.05) is 34.1 Å². The van der Waals surface area contributed by atoms with Gasteiger partial charge < -0.3 is 19.7 Å². The number of esters is 1. The predicted molar refractivity (Wildman–Crippen MR) is 131 cm³/mol. The molecule has 34 heavy (non-hydrogen) atoms. The molecule has 0 aliphatic carbocycles. The van der Waals surface area contributed by atoms with Crippen molar-refractivity contribution in [2.24, 2.45) is 17.3 Å². The van der Waals surface area contributed by atoms with Crippen molar-refractivity contribution in [3.05, 3.63) is 21.7 Å². The van der Waals surface area contributed by atoms with Crippen molar-refractivity contribution in [3.8, 4) is 0 Å². The lowest BCUT2D eigenvalue weighted by atomic mass is 9.73. The van der Waals surface area contributed by atoms with E-state index in [0.29, 0.717) is 6.42 Å². The molecule has 2 fully saturated rings. The molecule has 2 unspecified atom stereocenters. The number of nitrogens with zero attached hydrogens (tertiary/aromatic N) is 1. The highest BCUT2D eigenvalue weighted by atomic mass is 32.1. The van der Waals surface area contributed by atoms with E-state index in [1.807, 2.05) is 32.2 Å². The van der Waals surface area contributed by atoms with Gasteiger partial charge in [0.15, 0.2) is 0 Å². The number of hydrogen-bond donors (Lipinski definition) is 2. The second-order valence-corrected chi connectivity index (χ2v) is 11.7. The quantitative estimate of drug-likeness (QED) is 0.472. The molecule has 0 saturated carbocycles. The van der Waals surface area contributed by atoms with Crippen molar-refractivity contribution in [2.75, 3.05) is 0 Å². The molecule has 1 aromatic rings. The minimum absolute atomic E-state index is 0.00770. The third-order valence-corrected chi connectivity index (χ3v) is 8.20. The van der Waals surface area contributed by atoms with Crippen LogP contribution in [-0.2, 0) is 19.1 Å². The van der Waals surface area contributed by atoms with Crippen molar-refractivity contribution in [3.63, 3.8) is 0 Å². The van der Waals surface area contributed by atoms with Gasteiger partial charge in [-0.2, -0.15) is 0 Å². The van der Waals surface area contributed by atoms with Crippen LogP contribution >= 0.6 is 11.3 Å². The Bertz CT molecular complexity index is 909. The van der Waals surface area contributed by atoms with Crippen LogP contribution in [0.25, 0.3) is 6.08 Å². The van der Waals surface area contributed by atoms with E-state index in [4.69, 9.17) is 9.47 Å². The number of rotatable bonds is 2. The molecule has 0 amide bonds. The fraction of sp³-hybridized carbons (Fsp3) is 0.731. The Morgan fingerprint density at radius 1 is 1.21 bits per heavy atom. The normalized spacial score (nSPS) is 36.0. The highest BCUT2D eigenvalue weighted by molar-refractivity contribution is 7.09. The Balaban J connectivity index is 1.81. The molecule has 7 atom stereocenters. The number of epoxide rings is 1. The monoisotopic (exact) mass is 493 g/mol. The number of aromatic nitrogens is 1. The second-order valence-electron chi connectivity index (χ2n) is 10.6. The number of fused-ring (bicyclic) bond motifs is 1. The first-order valence-electron chi connectivity index (χ1n) is 12.3. The zero-order valence-corrected chi connectivity index (χ0v) is 21.9. The Morgan fingerprint density at radius 2 is 1.91 bits per heavy atom. The van der Waals surface area contributed by atoms with Crippen LogP contribution in [-0.4, -0.2) is 57.5 Å². The number of aliphatic hydroxyl groups excluding tert-OH is 2. The molecule has 190 valence electrons. The van der Waals surface area contributed by atoms with Crippen molar-refractivity contribution in [1.29, 1.82) is 0 Å². The number of hydrogen-bond acceptors (Lipinski definition) is 8. The first-order valence-corrected chi connectivity index (χ1v) is 13.1. The van der Waals surface area contributed by atoms with Crippen LogP contribution in [0.4, 0.5) is 0 Å². The van der Waals surface area contributed by atoms with Gasteiger partial charge in [-0.25, -0.2) is 4.98 Å². The molecular weight excluding hydrogens is 454 g/mol. The molecule has 3 heterocycles. The zero-order valence-electron chi connectivity index (χ0n) is 21.1. The molecule has 2 N–H and O–H groups in total. The van der Waals surface area contributed by atoms with E-state index in [1.54, 1.807) is 32.1 Å². The van der Waals surface area contributed by atoms with Crippen molar-refractivity contribution in [1.82, 2.24) is 4.98 Å². The van der Waals surface area contributed by atoms with Gasteiger partial charge >= 0.3 is 5.97 Å². The molecule has 3 rings (SSSR count). The summed E-state index contributed by atoms with van der Waals surface area (Å²) in [5.74, 6) is -1.52. The molecule has 7 nitrogen and oxygen atoms in total. The third kappa shape index (κ3) is 6.53. The van der Waals surface area contributed by atoms with Gasteiger partial charge in [-0.15, -0.1) is 11.3 Å². The summed E-state index contributed by atoms with van der Waals surface area (Å²) >= 11 is 1.56. The zero-order chi connectivity index (χ0) is 25.2. The minimum Gasteiger partial charge on any atom is -0.458 e. The van der Waals surface area contributed by atoms with Crippen molar-refractivity contribution in [2.45, 2.75) is 104 Å². The second kappa shape index (κ2) is 11.0. The van der Waals surface area contributed by atoms with Crippen LogP contribution in [0.15, 0.2) is 11.0 Å². The molecule has 0 spiro atoms. The average molecular weight is 494 g/mol. The number of ether oxygens (including phenoxy) is 2. The smallest absolute Gasteiger partial charge is 0.309 e. The number of Topliss-reactive ketones (excluding diaryl/α,β-unsaturated/α-hetero) is 1. The highest BCUT2D eigenvalue weighted by Crippen LogP contribution is 2.36. The Labute approximate surface area is 206 Å². The van der Waals surface area contributed by atoms with Crippen LogP contribution in [0.1, 0.15) is 77.4 Å². The Kier molecular flexibility index (Phi) is 8.71. The summed E-state index contributed by atoms with van der Waals surface area (Å²) < 4.78 is 11.7. The summed E-state index contributed by atoms with van der Waals surface area (Å²) in [6.45, 7) is 10.8. The van der Waals surface area contributed by atoms with Gasteiger partial charge in [0.05, 0.1) is 47.0 Å². The minimum atomic E-state index is -1.22. The number of aliphatic hydroxyl groups is 2. The van der Waals surface area contributed by atoms with Gasteiger partial charge in [0.25, 0.3) is 0 Å². The van der Waals surface area contributed by atoms with Crippen LogP contribution in [0.3, 0.4) is 0 Å². The van der Waals surface area contributed by atoms with E-state index in [-0.39, 0.29) is 30.3 Å². The lowest BCUT2D eigenvalue weighted by Crippen LogP contribution is -2.45. The Morgan fingerprint density at radius 3 is 2.56 bits per heavy atom. The number of carbonyl (C=O) groups is 2. The first kappa shape index (κ1) is 27.0. The summed E-state index contributed by atoms with van der Waals surface area (Å²) in [5, 5.41) is 24.5. The lowest BCUT2D eigenvalue weighted by Gasteiger charge is -2.34. The molecule has 0 radical (unpaired) electrons. The summed E-state index contributed by atoms with van der Waals surface area (Å²) in [4.78, 5) is 30.5. The van der Waals surface area contributed by atoms with E-state index in [0.717, 1.165) is 35.5 Å². The SMILES string of the molecule is CC(=Cc1csc(C)n1)C1C[C@H]2OC2CCC[C@H](C)[C@H](O)[C@@H](C)C(=O)C(C)(C)[C@@H](O)CC(=O)O1. The molecule has 8 heteroatoms. The molecule has 0 bridgehead atoms. The van der Waals surface area contributed by atoms with E-state index < -0.39 is 35.6 Å². The fourth-order valence-corrected chi connectivity index (χ4v) is 5.35. The van der Waals surface area contributed by atoms with Gasteiger partial charge in [-0.05, 0) is 44.3 Å². The maximum absolute atomic E-state index is 13.2. The standard InChI is InChI=1S/C26H39NO6S/c1-14-8-7-9-19-21(32-19)11-20(15(2)10-18-13-34-17(4)27-18)33-23(29)12-22(28)26(5,6)25(31)16(3)24(14)30/h10,13-14,16,19-22,24,28,30H,7-9,11-12H2,1-6H3/t14-,16+,19?,20?,21+,22-,24-/m0/s1. The summed E-state index contributed by atoms with van der Waals surface area (Å²) in [6.07, 6.45) is 2.28. The van der Waals surface area contributed by atoms with E-state index in [1.165, 1.54) is 0 Å².